The molecule has 0 saturated carbocycles. The molecule has 106 valence electrons. The molecule has 1 N–H and O–H groups in total. The quantitative estimate of drug-likeness (QED) is 0.797. The fraction of sp³-hybridized carbons (Fsp3) is 0.438. The summed E-state index contributed by atoms with van der Waals surface area (Å²) in [5.74, 6) is 4.81. The molecule has 1 fully saturated rings. The molecular weight excluding hydrogens is 257 g/mol. The average molecular weight is 275 g/mol. The number of hydrogen-bond donors (Lipinski definition) is 1. The summed E-state index contributed by atoms with van der Waals surface area (Å²) in [7, 11) is 0. The van der Waals surface area contributed by atoms with Crippen LogP contribution in [0.5, 0.6) is 0 Å². The van der Waals surface area contributed by atoms with Gasteiger partial charge in [0.05, 0.1) is 5.56 Å². The molecule has 0 spiro atoms. The zero-order valence-corrected chi connectivity index (χ0v) is 11.7. The van der Waals surface area contributed by atoms with Crippen LogP contribution < -0.4 is 0 Å². The average Bonchev–Trinajstić information content (AvgIpc) is 2.76. The van der Waals surface area contributed by atoms with Gasteiger partial charge in [0.15, 0.2) is 0 Å². The highest BCUT2D eigenvalue weighted by molar-refractivity contribution is 5.95. The smallest absolute Gasteiger partial charge is 0.257 e. The van der Waals surface area contributed by atoms with E-state index in [1.54, 1.807) is 4.90 Å². The van der Waals surface area contributed by atoms with Crippen molar-refractivity contribution in [3.8, 4) is 11.8 Å². The Morgan fingerprint density at radius 3 is 2.85 bits per heavy atom. The van der Waals surface area contributed by atoms with Crippen LogP contribution in [0.4, 0.5) is 4.39 Å². The van der Waals surface area contributed by atoms with E-state index in [2.05, 4.69) is 18.8 Å². The van der Waals surface area contributed by atoms with Crippen molar-refractivity contribution in [2.24, 2.45) is 5.92 Å². The maximum atomic E-state index is 13.9. The van der Waals surface area contributed by atoms with E-state index < -0.39 is 5.82 Å². The Morgan fingerprint density at radius 2 is 2.25 bits per heavy atom. The number of aliphatic hydroxyl groups is 1. The second-order valence-electron chi connectivity index (χ2n) is 5.30. The topological polar surface area (TPSA) is 40.5 Å². The van der Waals surface area contributed by atoms with Crippen LogP contribution in [-0.2, 0) is 0 Å². The second-order valence-corrected chi connectivity index (χ2v) is 5.30. The summed E-state index contributed by atoms with van der Waals surface area (Å²) >= 11 is 0. The molecule has 4 heteroatoms. The van der Waals surface area contributed by atoms with Crippen LogP contribution in [0.1, 0.15) is 36.2 Å². The standard InChI is InChI=1S/C16H18FNO2/c1-11-8-12(2)18(10-11)16(20)14-9-13(4-3-7-19)5-6-15(14)17/h5-6,9,11-12,19H,7-8,10H2,1-2H3. The third kappa shape index (κ3) is 3.00. The Balaban J connectivity index is 2.29. The van der Waals surface area contributed by atoms with Gasteiger partial charge in [-0.3, -0.25) is 4.79 Å². The maximum absolute atomic E-state index is 13.9. The van der Waals surface area contributed by atoms with E-state index in [-0.39, 0.29) is 24.1 Å². The Labute approximate surface area is 118 Å². The molecule has 0 radical (unpaired) electrons. The van der Waals surface area contributed by atoms with E-state index in [0.29, 0.717) is 18.0 Å². The van der Waals surface area contributed by atoms with Crippen LogP contribution in [-0.4, -0.2) is 35.1 Å². The van der Waals surface area contributed by atoms with Crippen LogP contribution in [0, 0.1) is 23.6 Å². The van der Waals surface area contributed by atoms with Gasteiger partial charge in [-0.25, -0.2) is 4.39 Å². The molecule has 1 aromatic rings. The summed E-state index contributed by atoms with van der Waals surface area (Å²) < 4.78 is 13.9. The lowest BCUT2D eigenvalue weighted by Crippen LogP contribution is -2.34. The van der Waals surface area contributed by atoms with E-state index in [1.165, 1.54) is 18.2 Å². The minimum Gasteiger partial charge on any atom is -0.384 e. The van der Waals surface area contributed by atoms with Crippen LogP contribution in [0.2, 0.25) is 0 Å². The summed E-state index contributed by atoms with van der Waals surface area (Å²) in [4.78, 5) is 14.2. The first-order valence-electron chi connectivity index (χ1n) is 6.73. The van der Waals surface area contributed by atoms with Gasteiger partial charge >= 0.3 is 0 Å². The van der Waals surface area contributed by atoms with Gasteiger partial charge in [0.25, 0.3) is 5.91 Å². The van der Waals surface area contributed by atoms with Crippen molar-refractivity contribution in [2.75, 3.05) is 13.2 Å². The van der Waals surface area contributed by atoms with Gasteiger partial charge in [0.1, 0.15) is 12.4 Å². The Kier molecular flexibility index (Phi) is 4.41. The third-order valence-electron chi connectivity index (χ3n) is 3.55. The molecule has 2 unspecified atom stereocenters. The zero-order chi connectivity index (χ0) is 14.7. The third-order valence-corrected chi connectivity index (χ3v) is 3.55. The van der Waals surface area contributed by atoms with Crippen molar-refractivity contribution in [1.29, 1.82) is 0 Å². The first kappa shape index (κ1) is 14.5. The van der Waals surface area contributed by atoms with Crippen molar-refractivity contribution in [1.82, 2.24) is 4.90 Å². The van der Waals surface area contributed by atoms with Gasteiger partial charge in [-0.1, -0.05) is 18.8 Å². The first-order valence-corrected chi connectivity index (χ1v) is 6.73. The SMILES string of the molecule is CC1CC(C)N(C(=O)c2cc(C#CCO)ccc2F)C1. The maximum Gasteiger partial charge on any atom is 0.257 e. The van der Waals surface area contributed by atoms with E-state index in [1.807, 2.05) is 6.92 Å². The molecule has 1 amide bonds. The normalized spacial score (nSPS) is 21.5. The van der Waals surface area contributed by atoms with Crippen molar-refractivity contribution in [2.45, 2.75) is 26.3 Å². The predicted octanol–water partition coefficient (Wildman–Crippen LogP) is 2.04. The monoisotopic (exact) mass is 275 g/mol. The van der Waals surface area contributed by atoms with E-state index >= 15 is 0 Å². The number of benzene rings is 1. The van der Waals surface area contributed by atoms with Gasteiger partial charge < -0.3 is 10.0 Å². The Bertz CT molecular complexity index is 574. The number of amides is 1. The minimum atomic E-state index is -0.531. The van der Waals surface area contributed by atoms with Crippen LogP contribution in [0.3, 0.4) is 0 Å². The number of carbonyl (C=O) groups is 1. The summed E-state index contributed by atoms with van der Waals surface area (Å²) in [6.07, 6.45) is 0.942. The van der Waals surface area contributed by atoms with Gasteiger partial charge in [-0.15, -0.1) is 0 Å². The number of nitrogens with zero attached hydrogens (tertiary/aromatic N) is 1. The number of hydrogen-bond acceptors (Lipinski definition) is 2. The number of carbonyl (C=O) groups excluding carboxylic acids is 1. The highest BCUT2D eigenvalue weighted by Crippen LogP contribution is 2.25. The highest BCUT2D eigenvalue weighted by Gasteiger charge is 2.31. The van der Waals surface area contributed by atoms with Crippen molar-refractivity contribution in [3.05, 3.63) is 35.1 Å². The molecule has 3 nitrogen and oxygen atoms in total. The first-order chi connectivity index (χ1) is 9.52. The molecule has 2 rings (SSSR count). The Morgan fingerprint density at radius 1 is 1.50 bits per heavy atom. The number of aliphatic hydroxyl groups excluding tert-OH is 1. The van der Waals surface area contributed by atoms with Gasteiger partial charge in [-0.05, 0) is 37.5 Å². The van der Waals surface area contributed by atoms with Crippen molar-refractivity contribution < 1.29 is 14.3 Å². The van der Waals surface area contributed by atoms with Crippen molar-refractivity contribution in [3.63, 3.8) is 0 Å². The molecular formula is C16H18FNO2. The molecule has 2 atom stereocenters. The lowest BCUT2D eigenvalue weighted by atomic mass is 10.1. The zero-order valence-electron chi connectivity index (χ0n) is 11.7. The second kappa shape index (κ2) is 6.06. The summed E-state index contributed by atoms with van der Waals surface area (Å²) in [5, 5.41) is 8.67. The van der Waals surface area contributed by atoms with Crippen molar-refractivity contribution >= 4 is 5.91 Å². The summed E-state index contributed by atoms with van der Waals surface area (Å²) in [6, 6.07) is 4.34. The lowest BCUT2D eigenvalue weighted by Gasteiger charge is -2.21. The number of likely N-dealkylation sites (tertiary alicyclic amines) is 1. The Hall–Kier alpha value is -1.86. The summed E-state index contributed by atoms with van der Waals surface area (Å²) in [6.45, 7) is 4.46. The van der Waals surface area contributed by atoms with Gasteiger partial charge in [-0.2, -0.15) is 0 Å². The van der Waals surface area contributed by atoms with Crippen LogP contribution in [0.15, 0.2) is 18.2 Å². The molecule has 20 heavy (non-hydrogen) atoms. The van der Waals surface area contributed by atoms with Gasteiger partial charge in [0.2, 0.25) is 0 Å². The fourth-order valence-electron chi connectivity index (χ4n) is 2.65. The largest absolute Gasteiger partial charge is 0.384 e. The van der Waals surface area contributed by atoms with E-state index in [0.717, 1.165) is 6.42 Å². The molecule has 1 saturated heterocycles. The number of rotatable bonds is 1. The molecule has 1 heterocycles. The van der Waals surface area contributed by atoms with Gasteiger partial charge in [0, 0.05) is 18.2 Å². The molecule has 1 aliphatic heterocycles. The summed E-state index contributed by atoms with van der Waals surface area (Å²) in [5.41, 5.74) is 0.583. The predicted molar refractivity (Wildman–Crippen MR) is 74.6 cm³/mol. The van der Waals surface area contributed by atoms with E-state index in [4.69, 9.17) is 5.11 Å². The van der Waals surface area contributed by atoms with E-state index in [9.17, 15) is 9.18 Å². The molecule has 0 bridgehead atoms. The number of halogens is 1. The fourth-order valence-corrected chi connectivity index (χ4v) is 2.65. The lowest BCUT2D eigenvalue weighted by molar-refractivity contribution is 0.0739. The highest BCUT2D eigenvalue weighted by atomic mass is 19.1. The van der Waals surface area contributed by atoms with Crippen LogP contribution >= 0.6 is 0 Å². The minimum absolute atomic E-state index is 0.0516. The molecule has 1 aliphatic rings. The van der Waals surface area contributed by atoms with Crippen LogP contribution in [0.25, 0.3) is 0 Å². The molecule has 0 aliphatic carbocycles. The molecule has 1 aromatic carbocycles. The molecule has 0 aromatic heterocycles.